The molecule has 1 unspecified atom stereocenters. The van der Waals surface area contributed by atoms with E-state index in [-0.39, 0.29) is 5.92 Å². The Morgan fingerprint density at radius 1 is 1.20 bits per heavy atom. The van der Waals surface area contributed by atoms with Crippen LogP contribution < -0.4 is 5.32 Å². The Kier molecular flexibility index (Phi) is 7.17. The van der Waals surface area contributed by atoms with Crippen LogP contribution in [0.15, 0.2) is 39.6 Å². The molecule has 0 heterocycles. The van der Waals surface area contributed by atoms with E-state index in [0.29, 0.717) is 11.3 Å². The zero-order chi connectivity index (χ0) is 19.3. The molecule has 0 spiro atoms. The van der Waals surface area contributed by atoms with E-state index < -0.39 is 33.4 Å². The summed E-state index contributed by atoms with van der Waals surface area (Å²) in [6.07, 6.45) is 1.11. The van der Waals surface area contributed by atoms with E-state index in [2.05, 4.69) is 9.68 Å². The molecule has 25 heavy (non-hydrogen) atoms. The number of nitrogens with zero attached hydrogens (tertiary/aromatic N) is 1. The van der Waals surface area contributed by atoms with Crippen LogP contribution in [0.1, 0.15) is 41.0 Å². The Morgan fingerprint density at radius 3 is 2.24 bits per heavy atom. The van der Waals surface area contributed by atoms with Gasteiger partial charge < -0.3 is 10.1 Å². The Bertz CT molecular complexity index is 714. The van der Waals surface area contributed by atoms with Gasteiger partial charge in [0.1, 0.15) is 11.6 Å². The van der Waals surface area contributed by atoms with E-state index in [9.17, 15) is 13.8 Å². The second-order valence-electron chi connectivity index (χ2n) is 7.37. The molecule has 0 aromatic heterocycles. The van der Waals surface area contributed by atoms with Crippen LogP contribution in [0.2, 0.25) is 0 Å². The van der Waals surface area contributed by atoms with Gasteiger partial charge in [-0.2, -0.15) is 4.36 Å². The van der Waals surface area contributed by atoms with Gasteiger partial charge in [0.2, 0.25) is 0 Å². The Morgan fingerprint density at radius 2 is 1.76 bits per heavy atom. The number of carbonyl (C=O) groups excluding carboxylic acids is 2. The molecule has 140 valence electrons. The van der Waals surface area contributed by atoms with Crippen molar-refractivity contribution >= 4 is 21.7 Å². The van der Waals surface area contributed by atoms with E-state index >= 15 is 0 Å². The van der Waals surface area contributed by atoms with Crippen molar-refractivity contribution in [2.75, 3.05) is 6.26 Å². The molecular formula is C18H28N2O4S. The quantitative estimate of drug-likeness (QED) is 0.860. The SMILES string of the molecule is CC(C)C[C@H](NC(=O)OC(C)(C)C)C(=O)N=S(C)(=O)c1ccccc1. The van der Waals surface area contributed by atoms with Gasteiger partial charge in [0.25, 0.3) is 5.91 Å². The maximum absolute atomic E-state index is 12.8. The first-order chi connectivity index (χ1) is 11.4. The summed E-state index contributed by atoms with van der Waals surface area (Å²) in [5, 5.41) is 2.55. The van der Waals surface area contributed by atoms with Gasteiger partial charge in [0.15, 0.2) is 0 Å². The molecule has 0 aliphatic heterocycles. The number of hydrogen-bond acceptors (Lipinski definition) is 4. The Hall–Kier alpha value is -1.89. The van der Waals surface area contributed by atoms with Gasteiger partial charge in [-0.3, -0.25) is 4.79 Å². The maximum Gasteiger partial charge on any atom is 0.408 e. The minimum Gasteiger partial charge on any atom is -0.444 e. The van der Waals surface area contributed by atoms with Crippen LogP contribution in [-0.4, -0.2) is 34.1 Å². The van der Waals surface area contributed by atoms with Crippen LogP contribution in [0.4, 0.5) is 4.79 Å². The fourth-order valence-corrected chi connectivity index (χ4v) is 3.34. The number of hydrogen-bond donors (Lipinski definition) is 1. The van der Waals surface area contributed by atoms with Crippen molar-refractivity contribution < 1.29 is 18.5 Å². The highest BCUT2D eigenvalue weighted by molar-refractivity contribution is 7.93. The number of ether oxygens (including phenoxy) is 1. The third-order valence-electron chi connectivity index (χ3n) is 3.14. The van der Waals surface area contributed by atoms with E-state index in [1.807, 2.05) is 13.8 Å². The molecule has 7 heteroatoms. The van der Waals surface area contributed by atoms with Crippen LogP contribution in [0.25, 0.3) is 0 Å². The summed E-state index contributed by atoms with van der Waals surface area (Å²) in [5.74, 6) is -0.473. The van der Waals surface area contributed by atoms with Crippen molar-refractivity contribution in [2.24, 2.45) is 10.3 Å². The van der Waals surface area contributed by atoms with Gasteiger partial charge >= 0.3 is 6.09 Å². The number of nitrogens with one attached hydrogen (secondary N) is 1. The summed E-state index contributed by atoms with van der Waals surface area (Å²) in [4.78, 5) is 25.0. The molecule has 6 nitrogen and oxygen atoms in total. The molecule has 0 saturated heterocycles. The number of benzene rings is 1. The fraction of sp³-hybridized carbons (Fsp3) is 0.556. The fourth-order valence-electron chi connectivity index (χ4n) is 2.10. The highest BCUT2D eigenvalue weighted by Gasteiger charge is 2.26. The first-order valence-corrected chi connectivity index (χ1v) is 10.1. The third kappa shape index (κ3) is 7.69. The van der Waals surface area contributed by atoms with E-state index in [1.54, 1.807) is 51.1 Å². The summed E-state index contributed by atoms with van der Waals surface area (Å²) in [6, 6.07) is 7.73. The minimum absolute atomic E-state index is 0.142. The summed E-state index contributed by atoms with van der Waals surface area (Å²) < 4.78 is 21.9. The molecular weight excluding hydrogens is 340 g/mol. The topological polar surface area (TPSA) is 84.8 Å². The third-order valence-corrected chi connectivity index (χ3v) is 4.82. The predicted octanol–water partition coefficient (Wildman–Crippen LogP) is 3.61. The molecule has 0 aliphatic carbocycles. The molecule has 0 aliphatic rings. The van der Waals surface area contributed by atoms with Crippen molar-refractivity contribution in [3.63, 3.8) is 0 Å². The minimum atomic E-state index is -2.88. The van der Waals surface area contributed by atoms with Crippen LogP contribution >= 0.6 is 0 Å². The molecule has 2 atom stereocenters. The Balaban J connectivity index is 3.03. The van der Waals surface area contributed by atoms with E-state index in [4.69, 9.17) is 4.74 Å². The average Bonchev–Trinajstić information content (AvgIpc) is 2.44. The molecule has 0 bridgehead atoms. The zero-order valence-corrected chi connectivity index (χ0v) is 16.6. The number of carbonyl (C=O) groups is 2. The van der Waals surface area contributed by atoms with Crippen LogP contribution in [0.3, 0.4) is 0 Å². The predicted molar refractivity (Wildman–Crippen MR) is 98.8 cm³/mol. The Labute approximate surface area is 150 Å². The molecule has 2 amide bonds. The van der Waals surface area contributed by atoms with Crippen molar-refractivity contribution in [3.05, 3.63) is 30.3 Å². The average molecular weight is 368 g/mol. The lowest BCUT2D eigenvalue weighted by molar-refractivity contribution is -0.120. The van der Waals surface area contributed by atoms with Crippen LogP contribution in [0, 0.1) is 5.92 Å². The second kappa shape index (κ2) is 8.47. The number of alkyl carbamates (subject to hydrolysis) is 1. The van der Waals surface area contributed by atoms with Gasteiger partial charge in [-0.05, 0) is 45.2 Å². The van der Waals surface area contributed by atoms with Crippen molar-refractivity contribution in [2.45, 2.75) is 57.6 Å². The molecule has 0 saturated carbocycles. The van der Waals surface area contributed by atoms with Gasteiger partial charge in [0.05, 0.1) is 9.73 Å². The zero-order valence-electron chi connectivity index (χ0n) is 15.7. The summed E-state index contributed by atoms with van der Waals surface area (Å²) in [5.41, 5.74) is -0.672. The smallest absolute Gasteiger partial charge is 0.408 e. The summed E-state index contributed by atoms with van der Waals surface area (Å²) >= 11 is 0. The van der Waals surface area contributed by atoms with Gasteiger partial charge in [-0.15, -0.1) is 0 Å². The van der Waals surface area contributed by atoms with Crippen LogP contribution in [-0.2, 0) is 19.3 Å². The highest BCUT2D eigenvalue weighted by atomic mass is 32.2. The molecule has 1 N–H and O–H groups in total. The largest absolute Gasteiger partial charge is 0.444 e. The maximum atomic E-state index is 12.8. The lowest BCUT2D eigenvalue weighted by Crippen LogP contribution is -2.43. The molecule has 1 aromatic carbocycles. The van der Waals surface area contributed by atoms with Crippen LogP contribution in [0.5, 0.6) is 0 Å². The molecule has 0 radical (unpaired) electrons. The molecule has 1 aromatic rings. The van der Waals surface area contributed by atoms with Gasteiger partial charge in [0, 0.05) is 11.2 Å². The normalized spacial score (nSPS) is 15.2. The number of rotatable bonds is 5. The first kappa shape index (κ1) is 21.2. The second-order valence-corrected chi connectivity index (χ2v) is 9.63. The molecule has 0 fully saturated rings. The summed E-state index contributed by atoms with van der Waals surface area (Å²) in [7, 11) is -2.88. The number of amides is 2. The van der Waals surface area contributed by atoms with Crippen molar-refractivity contribution in [3.8, 4) is 0 Å². The lowest BCUT2D eigenvalue weighted by atomic mass is 10.0. The molecule has 1 rings (SSSR count). The summed E-state index contributed by atoms with van der Waals surface area (Å²) in [6.45, 7) is 9.08. The monoisotopic (exact) mass is 368 g/mol. The van der Waals surface area contributed by atoms with Crippen molar-refractivity contribution in [1.82, 2.24) is 5.32 Å². The van der Waals surface area contributed by atoms with E-state index in [0.717, 1.165) is 0 Å². The standard InChI is InChI=1S/C18H28N2O4S/c1-13(2)12-15(19-17(22)24-18(3,4)5)16(21)20-25(6,23)14-10-8-7-9-11-14/h7-11,13,15H,12H2,1-6H3,(H,19,22)/t15-,25?/m0/s1. The van der Waals surface area contributed by atoms with Gasteiger partial charge in [-0.25, -0.2) is 9.00 Å². The lowest BCUT2D eigenvalue weighted by Gasteiger charge is -2.23. The van der Waals surface area contributed by atoms with Crippen molar-refractivity contribution in [1.29, 1.82) is 0 Å². The first-order valence-electron chi connectivity index (χ1n) is 8.21. The highest BCUT2D eigenvalue weighted by Crippen LogP contribution is 2.14. The van der Waals surface area contributed by atoms with Gasteiger partial charge in [-0.1, -0.05) is 32.0 Å². The van der Waals surface area contributed by atoms with E-state index in [1.165, 1.54) is 6.26 Å².